The minimum atomic E-state index is -3.84. The Bertz CT molecular complexity index is 898. The molecule has 0 saturated heterocycles. The number of primary sulfonamides is 1. The van der Waals surface area contributed by atoms with Gasteiger partial charge >= 0.3 is 0 Å². The third-order valence-corrected chi connectivity index (χ3v) is 4.10. The number of hydrogen-bond acceptors (Lipinski definition) is 3. The molecule has 1 aromatic carbocycles. The van der Waals surface area contributed by atoms with E-state index >= 15 is 0 Å². The van der Waals surface area contributed by atoms with Gasteiger partial charge in [0.15, 0.2) is 0 Å². The summed E-state index contributed by atoms with van der Waals surface area (Å²) >= 11 is 0. The van der Waals surface area contributed by atoms with Crippen LogP contribution in [0.25, 0.3) is 11.3 Å². The van der Waals surface area contributed by atoms with E-state index in [0.29, 0.717) is 17.0 Å². The van der Waals surface area contributed by atoms with Crippen molar-refractivity contribution in [3.8, 4) is 5.69 Å². The first-order chi connectivity index (χ1) is 11.3. The highest BCUT2D eigenvalue weighted by atomic mass is 32.2. The number of nitrogens with zero attached hydrogens (tertiary/aromatic N) is 2. The zero-order valence-electron chi connectivity index (χ0n) is 12.6. The Labute approximate surface area is 138 Å². The number of allylic oxidation sites excluding steroid dienone is 4. The fourth-order valence-electron chi connectivity index (χ4n) is 2.07. The molecule has 0 atom stereocenters. The lowest BCUT2D eigenvalue weighted by atomic mass is 10.1. The van der Waals surface area contributed by atoms with E-state index in [4.69, 9.17) is 5.14 Å². The summed E-state index contributed by atoms with van der Waals surface area (Å²) in [6.07, 6.45) is 1.85. The van der Waals surface area contributed by atoms with Crippen molar-refractivity contribution >= 4 is 15.6 Å². The van der Waals surface area contributed by atoms with E-state index in [9.17, 15) is 17.2 Å². The van der Waals surface area contributed by atoms with Crippen molar-refractivity contribution in [2.75, 3.05) is 0 Å². The van der Waals surface area contributed by atoms with Gasteiger partial charge < -0.3 is 0 Å². The predicted molar refractivity (Wildman–Crippen MR) is 88.3 cm³/mol. The van der Waals surface area contributed by atoms with Crippen LogP contribution in [0.5, 0.6) is 0 Å². The van der Waals surface area contributed by atoms with Gasteiger partial charge in [0.2, 0.25) is 10.0 Å². The standard InChI is InChI=1S/C16H15F2N3O2S/c1-3-5-11(4-2)15-10-14(16(17)18)20-21(15)12-6-8-13(9-7-12)24(19,22)23/h3-10,16H,1-2H2,(H2,19,22,23)/b11-5+. The third-order valence-electron chi connectivity index (χ3n) is 3.17. The molecule has 0 fully saturated rings. The van der Waals surface area contributed by atoms with E-state index in [-0.39, 0.29) is 4.90 Å². The number of hydrogen-bond donors (Lipinski definition) is 1. The van der Waals surface area contributed by atoms with Crippen molar-refractivity contribution in [3.63, 3.8) is 0 Å². The van der Waals surface area contributed by atoms with Crippen molar-refractivity contribution in [2.45, 2.75) is 11.3 Å². The Balaban J connectivity index is 2.62. The van der Waals surface area contributed by atoms with Gasteiger partial charge in [-0.25, -0.2) is 27.0 Å². The average molecular weight is 351 g/mol. The lowest BCUT2D eigenvalue weighted by Gasteiger charge is -2.08. The summed E-state index contributed by atoms with van der Waals surface area (Å²) in [6.45, 7) is 7.23. The third kappa shape index (κ3) is 3.66. The van der Waals surface area contributed by atoms with Gasteiger partial charge in [-0.2, -0.15) is 5.10 Å². The molecular formula is C16H15F2N3O2S. The molecule has 126 valence electrons. The quantitative estimate of drug-likeness (QED) is 0.812. The Morgan fingerprint density at radius 1 is 1.25 bits per heavy atom. The molecule has 1 heterocycles. The molecule has 0 amide bonds. The number of aromatic nitrogens is 2. The van der Waals surface area contributed by atoms with E-state index in [1.165, 1.54) is 47.2 Å². The van der Waals surface area contributed by atoms with Gasteiger partial charge in [0.1, 0.15) is 5.69 Å². The van der Waals surface area contributed by atoms with Gasteiger partial charge in [-0.1, -0.05) is 31.4 Å². The summed E-state index contributed by atoms with van der Waals surface area (Å²) in [5.74, 6) is 0. The van der Waals surface area contributed by atoms with E-state index in [2.05, 4.69) is 18.3 Å². The van der Waals surface area contributed by atoms with Crippen LogP contribution < -0.4 is 5.14 Å². The molecule has 0 radical (unpaired) electrons. The van der Waals surface area contributed by atoms with Crippen LogP contribution in [-0.2, 0) is 10.0 Å². The van der Waals surface area contributed by atoms with Crippen LogP contribution in [0.3, 0.4) is 0 Å². The molecule has 0 spiro atoms. The minimum absolute atomic E-state index is 0.0837. The molecule has 0 saturated carbocycles. The number of halogens is 2. The summed E-state index contributed by atoms with van der Waals surface area (Å²) in [7, 11) is -3.84. The number of nitrogens with two attached hydrogens (primary N) is 1. The Kier molecular flexibility index (Phi) is 5.10. The van der Waals surface area contributed by atoms with E-state index in [1.807, 2.05) is 0 Å². The van der Waals surface area contributed by atoms with E-state index in [0.717, 1.165) is 0 Å². The lowest BCUT2D eigenvalue weighted by molar-refractivity contribution is 0.145. The van der Waals surface area contributed by atoms with E-state index < -0.39 is 22.1 Å². The first kappa shape index (κ1) is 17.8. The van der Waals surface area contributed by atoms with Crippen LogP contribution in [0.1, 0.15) is 17.8 Å². The van der Waals surface area contributed by atoms with Crippen LogP contribution in [0.4, 0.5) is 8.78 Å². The molecule has 2 N–H and O–H groups in total. The van der Waals surface area contributed by atoms with Crippen LogP contribution in [-0.4, -0.2) is 18.2 Å². The van der Waals surface area contributed by atoms with Gasteiger partial charge in [-0.15, -0.1) is 0 Å². The topological polar surface area (TPSA) is 78.0 Å². The highest BCUT2D eigenvalue weighted by Gasteiger charge is 2.18. The van der Waals surface area contributed by atoms with Crippen molar-refractivity contribution in [1.82, 2.24) is 9.78 Å². The zero-order valence-corrected chi connectivity index (χ0v) is 13.4. The van der Waals surface area contributed by atoms with Crippen LogP contribution in [0.15, 0.2) is 66.6 Å². The maximum absolute atomic E-state index is 13.0. The van der Waals surface area contributed by atoms with Crippen molar-refractivity contribution < 1.29 is 17.2 Å². The highest BCUT2D eigenvalue weighted by Crippen LogP contribution is 2.26. The van der Waals surface area contributed by atoms with Crippen LogP contribution in [0, 0.1) is 0 Å². The Morgan fingerprint density at radius 2 is 1.88 bits per heavy atom. The molecule has 8 heteroatoms. The van der Waals surface area contributed by atoms with Gasteiger partial charge in [-0.05, 0) is 35.9 Å². The highest BCUT2D eigenvalue weighted by molar-refractivity contribution is 7.89. The number of sulfonamides is 1. The molecular weight excluding hydrogens is 336 g/mol. The summed E-state index contributed by atoms with van der Waals surface area (Å²) in [5, 5.41) is 8.93. The van der Waals surface area contributed by atoms with Crippen molar-refractivity contribution in [2.24, 2.45) is 5.14 Å². The maximum atomic E-state index is 13.0. The normalized spacial score (nSPS) is 12.4. The number of rotatable bonds is 6. The number of alkyl halides is 2. The fourth-order valence-corrected chi connectivity index (χ4v) is 2.59. The summed E-state index contributed by atoms with van der Waals surface area (Å²) in [5.41, 5.74) is 0.918. The molecule has 2 aromatic rings. The lowest BCUT2D eigenvalue weighted by Crippen LogP contribution is -2.12. The zero-order chi connectivity index (χ0) is 17.9. The Hall–Kier alpha value is -2.58. The van der Waals surface area contributed by atoms with Gasteiger partial charge in [-0.3, -0.25) is 0 Å². The second-order valence-corrected chi connectivity index (χ2v) is 6.33. The van der Waals surface area contributed by atoms with Crippen LogP contribution >= 0.6 is 0 Å². The van der Waals surface area contributed by atoms with Crippen LogP contribution in [0.2, 0.25) is 0 Å². The van der Waals surface area contributed by atoms with E-state index in [1.54, 1.807) is 6.08 Å². The SMILES string of the molecule is C=C/C=C(\C=C)c1cc(C(F)F)nn1-c1ccc(S(N)(=O)=O)cc1. The Morgan fingerprint density at radius 3 is 2.33 bits per heavy atom. The largest absolute Gasteiger partial charge is 0.282 e. The second-order valence-electron chi connectivity index (χ2n) is 4.77. The maximum Gasteiger partial charge on any atom is 0.282 e. The molecule has 5 nitrogen and oxygen atoms in total. The minimum Gasteiger partial charge on any atom is -0.233 e. The summed E-state index contributed by atoms with van der Waals surface area (Å²) in [4.78, 5) is -0.0837. The molecule has 1 aromatic heterocycles. The molecule has 0 aliphatic carbocycles. The van der Waals surface area contributed by atoms with Gasteiger partial charge in [0.05, 0.1) is 16.3 Å². The molecule has 24 heavy (non-hydrogen) atoms. The molecule has 0 aliphatic rings. The molecule has 0 aliphatic heterocycles. The average Bonchev–Trinajstić information content (AvgIpc) is 2.97. The van der Waals surface area contributed by atoms with Crippen molar-refractivity contribution in [1.29, 1.82) is 0 Å². The van der Waals surface area contributed by atoms with Crippen molar-refractivity contribution in [3.05, 3.63) is 73.1 Å². The monoisotopic (exact) mass is 351 g/mol. The fraction of sp³-hybridized carbons (Fsp3) is 0.0625. The summed E-state index contributed by atoms with van der Waals surface area (Å²) < 4.78 is 49.9. The molecule has 0 bridgehead atoms. The first-order valence-corrected chi connectivity index (χ1v) is 8.29. The molecule has 2 rings (SSSR count). The second kappa shape index (κ2) is 6.90. The number of benzene rings is 1. The molecule has 0 unspecified atom stereocenters. The van der Waals surface area contributed by atoms with Gasteiger partial charge in [0.25, 0.3) is 6.43 Å². The summed E-state index contributed by atoms with van der Waals surface area (Å²) in [6, 6.07) is 6.67. The first-order valence-electron chi connectivity index (χ1n) is 6.74. The predicted octanol–water partition coefficient (Wildman–Crippen LogP) is 3.21. The van der Waals surface area contributed by atoms with Gasteiger partial charge in [0, 0.05) is 0 Å². The smallest absolute Gasteiger partial charge is 0.233 e.